The number of hydrogen-bond donors (Lipinski definition) is 4. The van der Waals surface area contributed by atoms with Gasteiger partial charge in [-0.1, -0.05) is 60.0 Å². The van der Waals surface area contributed by atoms with Gasteiger partial charge in [0.1, 0.15) is 29.7 Å². The highest BCUT2D eigenvalue weighted by molar-refractivity contribution is 8.00. The number of anilines is 4. The van der Waals surface area contributed by atoms with Crippen molar-refractivity contribution >= 4 is 68.1 Å². The number of carbonyl (C=O) groups is 1. The lowest BCUT2D eigenvalue weighted by molar-refractivity contribution is -0.140. The normalized spacial score (nSPS) is 14.8. The zero-order chi connectivity index (χ0) is 52.7. The molecule has 0 aliphatic carbocycles. The van der Waals surface area contributed by atoms with Crippen molar-refractivity contribution < 1.29 is 31.8 Å². The van der Waals surface area contributed by atoms with Gasteiger partial charge in [-0.2, -0.15) is 13.2 Å². The zero-order valence-corrected chi connectivity index (χ0v) is 43.2. The third-order valence-electron chi connectivity index (χ3n) is 12.8. The Hall–Kier alpha value is -7.55. The van der Waals surface area contributed by atoms with E-state index < -0.39 is 24.9 Å². The minimum absolute atomic E-state index is 0.118. The molecule has 0 bridgehead atoms. The SMILES string of the molecule is C=C(C)C(=C(C)C)c1cc(N)c2ncn(Cc3cccc(OCC(=O)NCc4ccccc4N(C)Sc4ccc(NCC#Cc5cc6c(NC7CCN(C)CC7F)cccc6n5CC(F)(F)F)c(OC)c4)c3)c2c1. The van der Waals surface area contributed by atoms with Gasteiger partial charge < -0.3 is 49.5 Å². The maximum Gasteiger partial charge on any atom is 0.406 e. The summed E-state index contributed by atoms with van der Waals surface area (Å²) >= 11 is 1.46. The van der Waals surface area contributed by atoms with Crippen molar-refractivity contribution in [2.75, 3.05) is 68.1 Å². The molecule has 2 aromatic heterocycles. The van der Waals surface area contributed by atoms with Crippen molar-refractivity contribution in [3.63, 3.8) is 0 Å². The summed E-state index contributed by atoms with van der Waals surface area (Å²) in [6.07, 6.45) is -3.25. The minimum Gasteiger partial charge on any atom is -0.495 e. The van der Waals surface area contributed by atoms with E-state index in [4.69, 9.17) is 15.2 Å². The fraction of sp³-hybridized carbons (Fsp3) is 0.298. The van der Waals surface area contributed by atoms with Crippen LogP contribution in [0.3, 0.4) is 0 Å². The summed E-state index contributed by atoms with van der Waals surface area (Å²) in [5, 5.41) is 10.0. The molecule has 1 aliphatic rings. The standard InChI is InChI=1S/C57H61F4N9O3S/c1-36(2)55(37(3)4)40-26-46(62)56-52(27-40)69(35-65-56)31-38-13-10-16-42(25-38)73-33-54(71)64-30-39-14-8-9-18-50(39)68(6)74-43-20-21-49(53(29-43)72-7)63-23-12-15-41-28-44-47(66-48-22-24-67(5)32-45(48)58)17-11-19-51(44)70(41)34-57(59,60)61/h8-11,13-14,16-21,25-29,35,45,48,63,66H,1,22-24,30-34,62H2,2-7H3,(H,64,71). The Morgan fingerprint density at radius 2 is 1.78 bits per heavy atom. The molecular formula is C57H61F4N9O3S. The first-order chi connectivity index (χ1) is 35.4. The first-order valence-corrected chi connectivity index (χ1v) is 25.0. The molecule has 386 valence electrons. The smallest absolute Gasteiger partial charge is 0.406 e. The first kappa shape index (κ1) is 52.8. The number of imidazole rings is 1. The monoisotopic (exact) mass is 1030 g/mol. The Labute approximate surface area is 433 Å². The van der Waals surface area contributed by atoms with Crippen molar-refractivity contribution in [2.24, 2.45) is 0 Å². The van der Waals surface area contributed by atoms with Crippen molar-refractivity contribution in [1.29, 1.82) is 0 Å². The second-order valence-corrected chi connectivity index (χ2v) is 19.9. The van der Waals surface area contributed by atoms with E-state index in [0.29, 0.717) is 59.0 Å². The molecule has 3 heterocycles. The largest absolute Gasteiger partial charge is 0.495 e. The Balaban J connectivity index is 0.863. The van der Waals surface area contributed by atoms with E-state index in [-0.39, 0.29) is 37.8 Å². The number of amides is 1. The van der Waals surface area contributed by atoms with Gasteiger partial charge in [-0.25, -0.2) is 9.37 Å². The number of hydrogen-bond acceptors (Lipinski definition) is 10. The number of piperidine rings is 1. The number of nitrogens with two attached hydrogens (primary N) is 1. The van der Waals surface area contributed by atoms with Crippen molar-refractivity contribution in [3.05, 3.63) is 150 Å². The average Bonchev–Trinajstić information content (AvgIpc) is 3.92. The van der Waals surface area contributed by atoms with Crippen LogP contribution in [0.5, 0.6) is 11.5 Å². The molecule has 1 fully saturated rings. The molecule has 5 N–H and O–H groups in total. The van der Waals surface area contributed by atoms with Crippen molar-refractivity contribution in [2.45, 2.75) is 70.1 Å². The fourth-order valence-electron chi connectivity index (χ4n) is 9.35. The van der Waals surface area contributed by atoms with Crippen molar-refractivity contribution in [3.8, 4) is 23.3 Å². The molecule has 74 heavy (non-hydrogen) atoms. The third-order valence-corrected chi connectivity index (χ3v) is 13.7. The molecule has 1 amide bonds. The summed E-state index contributed by atoms with van der Waals surface area (Å²) in [6, 6.07) is 31.4. The molecule has 2 atom stereocenters. The Morgan fingerprint density at radius 3 is 2.54 bits per heavy atom. The van der Waals surface area contributed by atoms with Gasteiger partial charge in [-0.15, -0.1) is 0 Å². The van der Waals surface area contributed by atoms with E-state index in [2.05, 4.69) is 59.3 Å². The molecular weight excluding hydrogens is 967 g/mol. The number of allylic oxidation sites excluding steroid dienone is 3. The van der Waals surface area contributed by atoms with Crippen LogP contribution in [0.15, 0.2) is 132 Å². The Bertz CT molecular complexity index is 3280. The molecule has 0 saturated carbocycles. The second-order valence-electron chi connectivity index (χ2n) is 18.7. The number of nitrogen functional groups attached to an aromatic ring is 1. The number of rotatable bonds is 18. The molecule has 0 radical (unpaired) electrons. The number of methoxy groups -OCH3 is 1. The van der Waals surface area contributed by atoms with Crippen LogP contribution in [0.25, 0.3) is 27.5 Å². The number of carbonyl (C=O) groups excluding carboxylic acids is 1. The van der Waals surface area contributed by atoms with Gasteiger partial charge in [-0.05, 0) is 141 Å². The minimum atomic E-state index is -4.49. The lowest BCUT2D eigenvalue weighted by Gasteiger charge is -2.33. The predicted molar refractivity (Wildman–Crippen MR) is 292 cm³/mol. The maximum absolute atomic E-state index is 14.9. The van der Waals surface area contributed by atoms with Crippen LogP contribution in [-0.2, 0) is 24.4 Å². The summed E-state index contributed by atoms with van der Waals surface area (Å²) in [4.78, 5) is 20.5. The number of alkyl halides is 4. The van der Waals surface area contributed by atoms with E-state index in [0.717, 1.165) is 59.6 Å². The summed E-state index contributed by atoms with van der Waals surface area (Å²) in [7, 11) is 5.35. The number of nitrogens with zero attached hydrogens (tertiary/aromatic N) is 5. The van der Waals surface area contributed by atoms with E-state index in [1.807, 2.05) is 108 Å². The van der Waals surface area contributed by atoms with E-state index in [1.54, 1.807) is 37.7 Å². The molecule has 12 nitrogen and oxygen atoms in total. The van der Waals surface area contributed by atoms with Gasteiger partial charge in [0.2, 0.25) is 0 Å². The number of fused-ring (bicyclic) bond motifs is 2. The number of aromatic nitrogens is 3. The number of benzene rings is 5. The summed E-state index contributed by atoms with van der Waals surface area (Å²) in [5.41, 5.74) is 17.4. The topological polar surface area (TPSA) is 127 Å². The quantitative estimate of drug-likeness (QED) is 0.0217. The van der Waals surface area contributed by atoms with Crippen LogP contribution in [-0.4, -0.2) is 90.8 Å². The second kappa shape index (κ2) is 23.1. The highest BCUT2D eigenvalue weighted by Gasteiger charge is 2.31. The van der Waals surface area contributed by atoms with Gasteiger partial charge in [-0.3, -0.25) is 4.79 Å². The Morgan fingerprint density at radius 1 is 0.986 bits per heavy atom. The lowest BCUT2D eigenvalue weighted by atomic mass is 9.95. The molecule has 8 rings (SSSR count). The fourth-order valence-corrected chi connectivity index (χ4v) is 10.2. The number of ether oxygens (including phenoxy) is 2. The van der Waals surface area contributed by atoms with Crippen LogP contribution in [0.4, 0.5) is 40.3 Å². The van der Waals surface area contributed by atoms with Crippen LogP contribution in [0.1, 0.15) is 49.6 Å². The maximum atomic E-state index is 14.9. The molecule has 1 saturated heterocycles. The van der Waals surface area contributed by atoms with E-state index in [1.165, 1.54) is 11.9 Å². The average molecular weight is 1030 g/mol. The summed E-state index contributed by atoms with van der Waals surface area (Å²) in [5.74, 6) is 6.76. The van der Waals surface area contributed by atoms with Crippen LogP contribution >= 0.6 is 11.9 Å². The third kappa shape index (κ3) is 12.8. The van der Waals surface area contributed by atoms with Gasteiger partial charge in [0, 0.05) is 49.2 Å². The molecule has 17 heteroatoms. The molecule has 0 spiro atoms. The first-order valence-electron chi connectivity index (χ1n) is 24.2. The molecule has 1 aliphatic heterocycles. The van der Waals surface area contributed by atoms with Crippen LogP contribution in [0, 0.1) is 11.8 Å². The summed E-state index contributed by atoms with van der Waals surface area (Å²) < 4.78 is 73.5. The van der Waals surface area contributed by atoms with Gasteiger partial charge >= 0.3 is 6.18 Å². The molecule has 2 unspecified atom stereocenters. The predicted octanol–water partition coefficient (Wildman–Crippen LogP) is 11.3. The van der Waals surface area contributed by atoms with Crippen LogP contribution < -0.4 is 35.5 Å². The Kier molecular flexibility index (Phi) is 16.5. The summed E-state index contributed by atoms with van der Waals surface area (Å²) in [6.45, 7) is 10.8. The number of halogens is 4. The highest BCUT2D eigenvalue weighted by atomic mass is 32.2. The van der Waals surface area contributed by atoms with Gasteiger partial charge in [0.15, 0.2) is 6.61 Å². The zero-order valence-electron chi connectivity index (χ0n) is 42.4. The lowest BCUT2D eigenvalue weighted by Crippen LogP contribution is -2.46. The molecule has 5 aromatic carbocycles. The van der Waals surface area contributed by atoms with Crippen LogP contribution in [0.2, 0.25) is 0 Å². The number of nitrogens with one attached hydrogen (secondary N) is 3. The number of para-hydroxylation sites is 1. The molecule has 7 aromatic rings. The highest BCUT2D eigenvalue weighted by Crippen LogP contribution is 2.36. The van der Waals surface area contributed by atoms with Crippen molar-refractivity contribution in [1.82, 2.24) is 24.3 Å². The van der Waals surface area contributed by atoms with Gasteiger partial charge in [0.25, 0.3) is 5.91 Å². The van der Waals surface area contributed by atoms with E-state index >= 15 is 0 Å². The van der Waals surface area contributed by atoms with E-state index in [9.17, 15) is 22.4 Å². The van der Waals surface area contributed by atoms with Gasteiger partial charge in [0.05, 0.1) is 59.8 Å². The number of likely N-dealkylation sites (tertiary alicyclic amines) is 1.